The summed E-state index contributed by atoms with van der Waals surface area (Å²) < 4.78 is 11.7. The third-order valence-electron chi connectivity index (χ3n) is 6.81. The van der Waals surface area contributed by atoms with E-state index in [0.717, 1.165) is 10.7 Å². The average Bonchev–Trinajstić information content (AvgIpc) is 3.43. The lowest BCUT2D eigenvalue weighted by atomic mass is 9.72. The highest BCUT2D eigenvalue weighted by Crippen LogP contribution is 2.47. The molecule has 10 nitrogen and oxygen atoms in total. The van der Waals surface area contributed by atoms with E-state index in [1.165, 1.54) is 16.2 Å². The van der Waals surface area contributed by atoms with Gasteiger partial charge in [0, 0.05) is 24.4 Å². The number of carbonyl (C=O) groups is 1. The number of aliphatic hydroxyl groups excluding tert-OH is 3. The number of likely N-dealkylation sites (tertiary alicyclic amines) is 1. The zero-order valence-electron chi connectivity index (χ0n) is 18.9. The zero-order valence-corrected chi connectivity index (χ0v) is 19.7. The Kier molecular flexibility index (Phi) is 6.76. The summed E-state index contributed by atoms with van der Waals surface area (Å²) in [5, 5.41) is 38.4. The number of ether oxygens (including phenoxy) is 2. The third kappa shape index (κ3) is 4.50. The number of carbonyl (C=O) groups excluding carboxylic acids is 1. The molecule has 0 aliphatic carbocycles. The molecule has 2 fully saturated rings. The van der Waals surface area contributed by atoms with Crippen LogP contribution in [0.1, 0.15) is 25.3 Å². The van der Waals surface area contributed by atoms with Gasteiger partial charge in [-0.15, -0.1) is 10.2 Å². The monoisotopic (exact) mass is 478 g/mol. The maximum Gasteiger partial charge on any atom is 0.253 e. The first-order valence-corrected chi connectivity index (χ1v) is 11.8. The molecule has 2 aromatic rings. The Hall–Kier alpha value is -2.47. The lowest BCUT2D eigenvalue weighted by Gasteiger charge is -2.39. The fourth-order valence-electron chi connectivity index (χ4n) is 4.54. The maximum absolute atomic E-state index is 12.5. The number of aliphatic hydroxyl groups is 3. The number of hydrogen-bond acceptors (Lipinski definition) is 10. The topological polar surface area (TPSA) is 128 Å². The number of anilines is 1. The fraction of sp³-hybridized carbons (Fsp3) is 0.591. The lowest BCUT2D eigenvalue weighted by molar-refractivity contribution is -0.141. The number of hydrogen-bond donors (Lipinski definition) is 3. The van der Waals surface area contributed by atoms with Crippen molar-refractivity contribution < 1.29 is 29.6 Å². The largest absolute Gasteiger partial charge is 0.493 e. The summed E-state index contributed by atoms with van der Waals surface area (Å²) in [4.78, 5) is 16.1. The van der Waals surface area contributed by atoms with E-state index in [-0.39, 0.29) is 18.6 Å². The van der Waals surface area contributed by atoms with Gasteiger partial charge in [-0.3, -0.25) is 4.79 Å². The van der Waals surface area contributed by atoms with Crippen LogP contribution in [0.25, 0.3) is 0 Å². The first-order valence-electron chi connectivity index (χ1n) is 10.9. The summed E-state index contributed by atoms with van der Waals surface area (Å²) in [6, 6.07) is 5.66. The maximum atomic E-state index is 12.5. The van der Waals surface area contributed by atoms with Crippen LogP contribution in [0.3, 0.4) is 0 Å². The van der Waals surface area contributed by atoms with E-state index in [4.69, 9.17) is 9.47 Å². The summed E-state index contributed by atoms with van der Waals surface area (Å²) >= 11 is 1.48. The number of rotatable bonds is 8. The second kappa shape index (κ2) is 9.41. The molecule has 2 saturated heterocycles. The second-order valence-corrected chi connectivity index (χ2v) is 9.74. The summed E-state index contributed by atoms with van der Waals surface area (Å²) in [5.74, 6) is 0.474. The van der Waals surface area contributed by atoms with Crippen LogP contribution < -0.4 is 14.4 Å². The molecule has 33 heavy (non-hydrogen) atoms. The Bertz CT molecular complexity index is 968. The number of amides is 1. The van der Waals surface area contributed by atoms with Crippen molar-refractivity contribution in [2.24, 2.45) is 5.41 Å². The van der Waals surface area contributed by atoms with Crippen LogP contribution in [0.15, 0.2) is 23.7 Å². The molecule has 4 rings (SSSR count). The molecule has 2 aliphatic rings. The Morgan fingerprint density at radius 3 is 2.67 bits per heavy atom. The van der Waals surface area contributed by atoms with Gasteiger partial charge in [-0.05, 0) is 24.6 Å². The Balaban J connectivity index is 1.54. The average molecular weight is 479 g/mol. The Morgan fingerprint density at radius 2 is 2.06 bits per heavy atom. The summed E-state index contributed by atoms with van der Waals surface area (Å²) in [6.45, 7) is 4.97. The van der Waals surface area contributed by atoms with Crippen molar-refractivity contribution in [3.05, 3.63) is 29.3 Å². The number of methoxy groups -OCH3 is 1. The molecule has 0 saturated carbocycles. The molecular formula is C22H30N4O6S. The van der Waals surface area contributed by atoms with Crippen LogP contribution in [0.4, 0.5) is 5.13 Å². The number of nitrogens with zero attached hydrogens (tertiary/aromatic N) is 4. The molecule has 3 N–H and O–H groups in total. The highest BCUT2D eigenvalue weighted by molar-refractivity contribution is 7.13. The van der Waals surface area contributed by atoms with Gasteiger partial charge in [0.15, 0.2) is 17.6 Å². The quantitative estimate of drug-likeness (QED) is 0.496. The van der Waals surface area contributed by atoms with Gasteiger partial charge in [0.25, 0.3) is 5.91 Å². The van der Waals surface area contributed by atoms with E-state index >= 15 is 0 Å². The van der Waals surface area contributed by atoms with Crippen LogP contribution in [-0.4, -0.2) is 94.5 Å². The number of aromatic nitrogens is 2. The smallest absolute Gasteiger partial charge is 0.253 e. The first-order chi connectivity index (χ1) is 15.8. The van der Waals surface area contributed by atoms with Crippen molar-refractivity contribution in [2.45, 2.75) is 38.1 Å². The van der Waals surface area contributed by atoms with Gasteiger partial charge < -0.3 is 34.6 Å². The molecule has 0 bridgehead atoms. The molecule has 3 heterocycles. The van der Waals surface area contributed by atoms with E-state index in [1.807, 2.05) is 25.1 Å². The van der Waals surface area contributed by atoms with Crippen molar-refractivity contribution in [2.75, 3.05) is 44.8 Å². The van der Waals surface area contributed by atoms with E-state index in [0.29, 0.717) is 31.1 Å². The number of benzene rings is 1. The van der Waals surface area contributed by atoms with Gasteiger partial charge >= 0.3 is 0 Å². The lowest BCUT2D eigenvalue weighted by Crippen LogP contribution is -2.54. The SMILES string of the molecule is COc1ccc([C@@H]2CN(C(=O)C(O)CO)C[C@@]2(C)[C@@H](C)O)cc1OC1CN(c2nncs2)C1. The summed E-state index contributed by atoms with van der Waals surface area (Å²) in [5.41, 5.74) is 1.97. The van der Waals surface area contributed by atoms with E-state index in [1.54, 1.807) is 19.5 Å². The minimum Gasteiger partial charge on any atom is -0.493 e. The van der Waals surface area contributed by atoms with E-state index in [2.05, 4.69) is 15.1 Å². The highest BCUT2D eigenvalue weighted by Gasteiger charge is 2.49. The Labute approximate surface area is 196 Å². The Morgan fingerprint density at radius 1 is 1.30 bits per heavy atom. The molecule has 0 spiro atoms. The van der Waals surface area contributed by atoms with Crippen LogP contribution in [0, 0.1) is 5.41 Å². The van der Waals surface area contributed by atoms with Gasteiger partial charge in [0.1, 0.15) is 11.6 Å². The third-order valence-corrected chi connectivity index (χ3v) is 7.56. The fourth-order valence-corrected chi connectivity index (χ4v) is 5.12. The predicted octanol–water partition coefficient (Wildman–Crippen LogP) is 0.480. The van der Waals surface area contributed by atoms with Crippen LogP contribution >= 0.6 is 11.3 Å². The first kappa shape index (κ1) is 23.7. The minimum atomic E-state index is -1.47. The molecule has 11 heteroatoms. The van der Waals surface area contributed by atoms with Crippen molar-refractivity contribution in [1.29, 1.82) is 0 Å². The molecular weight excluding hydrogens is 448 g/mol. The molecule has 2 aliphatic heterocycles. The van der Waals surface area contributed by atoms with Crippen LogP contribution in [-0.2, 0) is 4.79 Å². The van der Waals surface area contributed by atoms with Gasteiger partial charge in [-0.1, -0.05) is 24.3 Å². The van der Waals surface area contributed by atoms with Crippen LogP contribution in [0.5, 0.6) is 11.5 Å². The van der Waals surface area contributed by atoms with Crippen molar-refractivity contribution in [3.8, 4) is 11.5 Å². The van der Waals surface area contributed by atoms with Gasteiger partial charge in [-0.25, -0.2) is 0 Å². The van der Waals surface area contributed by atoms with E-state index in [9.17, 15) is 20.1 Å². The minimum absolute atomic E-state index is 0.0254. The molecule has 0 radical (unpaired) electrons. The predicted molar refractivity (Wildman–Crippen MR) is 122 cm³/mol. The van der Waals surface area contributed by atoms with Gasteiger partial charge in [-0.2, -0.15) is 0 Å². The van der Waals surface area contributed by atoms with Crippen molar-refractivity contribution in [3.63, 3.8) is 0 Å². The van der Waals surface area contributed by atoms with Gasteiger partial charge in [0.05, 0.1) is 32.9 Å². The molecule has 4 atom stereocenters. The highest BCUT2D eigenvalue weighted by atomic mass is 32.1. The zero-order chi connectivity index (χ0) is 23.8. The molecule has 180 valence electrons. The summed E-state index contributed by atoms with van der Waals surface area (Å²) in [6.07, 6.45) is -2.20. The second-order valence-electron chi connectivity index (χ2n) is 8.93. The normalized spacial score (nSPS) is 25.0. The molecule has 1 aromatic heterocycles. The van der Waals surface area contributed by atoms with Gasteiger partial charge in [0.2, 0.25) is 5.13 Å². The van der Waals surface area contributed by atoms with Crippen LogP contribution in [0.2, 0.25) is 0 Å². The molecule has 1 aromatic carbocycles. The summed E-state index contributed by atoms with van der Waals surface area (Å²) in [7, 11) is 1.59. The van der Waals surface area contributed by atoms with Crippen molar-refractivity contribution in [1.82, 2.24) is 15.1 Å². The van der Waals surface area contributed by atoms with Crippen molar-refractivity contribution >= 4 is 22.4 Å². The molecule has 1 unspecified atom stereocenters. The standard InChI is InChI=1S/C22H30N4O6S/c1-13(28)22(2)11-26(20(30)17(29)10-27)9-16(22)14-4-5-18(31-3)19(6-14)32-15-7-25(8-15)21-24-23-12-33-21/h4-6,12-13,15-17,27-29H,7-11H2,1-3H3/t13-,16+,17?,22+/m1/s1. The molecule has 1 amide bonds. The van der Waals surface area contributed by atoms with E-state index < -0.39 is 30.1 Å².